The number of pyridine rings is 1. The van der Waals surface area contributed by atoms with Crippen LogP contribution in [-0.2, 0) is 11.3 Å². The van der Waals surface area contributed by atoms with E-state index in [0.29, 0.717) is 25.2 Å². The molecule has 3 heterocycles. The zero-order valence-electron chi connectivity index (χ0n) is 14.7. The number of aliphatic carboxylic acids is 1. The van der Waals surface area contributed by atoms with Crippen LogP contribution < -0.4 is 10.9 Å². The van der Waals surface area contributed by atoms with Gasteiger partial charge in [0.15, 0.2) is 6.04 Å². The van der Waals surface area contributed by atoms with Gasteiger partial charge in [-0.1, -0.05) is 36.4 Å². The summed E-state index contributed by atoms with van der Waals surface area (Å²) < 4.78 is 1.80. The summed E-state index contributed by atoms with van der Waals surface area (Å²) in [6, 6.07) is 12.5. The highest BCUT2D eigenvalue weighted by Gasteiger charge is 2.37. The van der Waals surface area contributed by atoms with Crippen LogP contribution in [0.5, 0.6) is 0 Å². The summed E-state index contributed by atoms with van der Waals surface area (Å²) in [7, 11) is 0. The Morgan fingerprint density at radius 2 is 1.81 bits per heavy atom. The molecule has 7 heteroatoms. The number of carboxylic acid groups (broad SMARTS) is 1. The van der Waals surface area contributed by atoms with Gasteiger partial charge in [-0.25, -0.2) is 9.59 Å². The molecule has 1 fully saturated rings. The molecule has 140 valence electrons. The van der Waals surface area contributed by atoms with Gasteiger partial charge in [0.05, 0.1) is 0 Å². The van der Waals surface area contributed by atoms with Crippen LogP contribution in [0, 0.1) is 5.92 Å². The number of carbonyl (C=O) groups excluding carboxylic acids is 1. The third-order valence-corrected chi connectivity index (χ3v) is 5.41. The lowest BCUT2D eigenvalue weighted by atomic mass is 9.83. The van der Waals surface area contributed by atoms with Crippen molar-refractivity contribution in [1.82, 2.24) is 14.8 Å². The monoisotopic (exact) mass is 367 g/mol. The van der Waals surface area contributed by atoms with Gasteiger partial charge in [0.1, 0.15) is 0 Å². The molecule has 0 saturated carbocycles. The topological polar surface area (TPSA) is 91.6 Å². The molecule has 7 nitrogen and oxygen atoms in total. The maximum absolute atomic E-state index is 12.8. The fraction of sp³-hybridized carbons (Fsp3) is 0.350. The number of piperidine rings is 1. The van der Waals surface area contributed by atoms with Gasteiger partial charge in [0, 0.05) is 37.3 Å². The van der Waals surface area contributed by atoms with Crippen LogP contribution in [0.2, 0.25) is 0 Å². The quantitative estimate of drug-likeness (QED) is 0.865. The van der Waals surface area contributed by atoms with Gasteiger partial charge in [-0.05, 0) is 24.0 Å². The first-order valence-electron chi connectivity index (χ1n) is 9.06. The zero-order valence-corrected chi connectivity index (χ0v) is 14.7. The number of carboxylic acids is 1. The lowest BCUT2D eigenvalue weighted by molar-refractivity contribution is -0.139. The van der Waals surface area contributed by atoms with E-state index in [1.54, 1.807) is 51.9 Å². The molecule has 4 rings (SSSR count). The number of nitrogens with one attached hydrogen (secondary N) is 1. The van der Waals surface area contributed by atoms with E-state index < -0.39 is 12.0 Å². The van der Waals surface area contributed by atoms with Crippen molar-refractivity contribution < 1.29 is 14.7 Å². The summed E-state index contributed by atoms with van der Waals surface area (Å²) in [6.45, 7) is 1.59. The highest BCUT2D eigenvalue weighted by molar-refractivity contribution is 5.83. The average Bonchev–Trinajstić information content (AvgIpc) is 2.67. The number of amides is 2. The van der Waals surface area contributed by atoms with Gasteiger partial charge in [-0.2, -0.15) is 0 Å². The van der Waals surface area contributed by atoms with E-state index in [1.807, 2.05) is 6.07 Å². The predicted molar refractivity (Wildman–Crippen MR) is 98.5 cm³/mol. The Bertz CT molecular complexity index is 924. The first kappa shape index (κ1) is 17.3. The molecule has 1 aromatic heterocycles. The van der Waals surface area contributed by atoms with Crippen molar-refractivity contribution in [2.75, 3.05) is 13.1 Å². The van der Waals surface area contributed by atoms with E-state index in [-0.39, 0.29) is 23.4 Å². The van der Waals surface area contributed by atoms with Gasteiger partial charge < -0.3 is 19.9 Å². The lowest BCUT2D eigenvalue weighted by Gasteiger charge is -2.42. The molecule has 0 spiro atoms. The molecule has 2 N–H and O–H groups in total. The van der Waals surface area contributed by atoms with E-state index in [2.05, 4.69) is 5.32 Å². The fourth-order valence-electron chi connectivity index (χ4n) is 4.21. The number of hydrogen-bond donors (Lipinski definition) is 2. The van der Waals surface area contributed by atoms with Gasteiger partial charge >= 0.3 is 12.0 Å². The van der Waals surface area contributed by atoms with Crippen molar-refractivity contribution in [2.45, 2.75) is 24.9 Å². The van der Waals surface area contributed by atoms with Crippen LogP contribution in [0.1, 0.15) is 29.6 Å². The number of likely N-dealkylation sites (tertiary alicyclic amines) is 1. The minimum absolute atomic E-state index is 0.00452. The Labute approximate surface area is 156 Å². The first-order chi connectivity index (χ1) is 13.0. The zero-order chi connectivity index (χ0) is 19.0. The maximum Gasteiger partial charge on any atom is 0.330 e. The standard InChI is InChI=1S/C20H21N3O4/c24-17-8-4-7-16-15-9-13(11-23(16)17)10-22(12-15)20(27)21-18(19(25)26)14-5-2-1-3-6-14/h1-8,13,15,18H,9-12H2,(H,21,27)(H,25,26)/t13-,15+,18?/m1/s1. The van der Waals surface area contributed by atoms with E-state index in [4.69, 9.17) is 0 Å². The minimum Gasteiger partial charge on any atom is -0.479 e. The van der Waals surface area contributed by atoms with Crippen LogP contribution in [0.25, 0.3) is 0 Å². The van der Waals surface area contributed by atoms with Crippen LogP contribution in [0.4, 0.5) is 4.79 Å². The fourth-order valence-corrected chi connectivity index (χ4v) is 4.21. The minimum atomic E-state index is -1.09. The number of fused-ring (bicyclic) bond motifs is 4. The second-order valence-electron chi connectivity index (χ2n) is 7.23. The second kappa shape index (κ2) is 6.90. The molecule has 1 saturated heterocycles. The maximum atomic E-state index is 12.8. The van der Waals surface area contributed by atoms with Gasteiger partial charge in [-0.3, -0.25) is 4.79 Å². The number of nitrogens with zero attached hydrogens (tertiary/aromatic N) is 2. The summed E-state index contributed by atoms with van der Waals surface area (Å²) in [4.78, 5) is 38.2. The van der Waals surface area contributed by atoms with Gasteiger partial charge in [0.25, 0.3) is 5.56 Å². The number of benzene rings is 1. The van der Waals surface area contributed by atoms with Crippen LogP contribution in [-0.4, -0.2) is 39.7 Å². The predicted octanol–water partition coefficient (Wildman–Crippen LogP) is 1.80. The van der Waals surface area contributed by atoms with Crippen molar-refractivity contribution >= 4 is 12.0 Å². The number of aromatic nitrogens is 1. The normalized spacial score (nSPS) is 21.9. The molecule has 2 bridgehead atoms. The molecular weight excluding hydrogens is 346 g/mol. The lowest BCUT2D eigenvalue weighted by Crippen LogP contribution is -2.52. The molecule has 27 heavy (non-hydrogen) atoms. The van der Waals surface area contributed by atoms with Crippen molar-refractivity contribution in [2.24, 2.45) is 5.92 Å². The SMILES string of the molecule is O=C(O)C(NC(=O)N1C[C@H]2C[C@@H](C1)c1cccc(=O)n1C2)c1ccccc1. The number of carbonyl (C=O) groups is 2. The molecule has 1 unspecified atom stereocenters. The van der Waals surface area contributed by atoms with E-state index in [9.17, 15) is 19.5 Å². The number of rotatable bonds is 3. The second-order valence-corrected chi connectivity index (χ2v) is 7.23. The first-order valence-corrected chi connectivity index (χ1v) is 9.06. The average molecular weight is 367 g/mol. The van der Waals surface area contributed by atoms with Crippen molar-refractivity contribution in [1.29, 1.82) is 0 Å². The Morgan fingerprint density at radius 1 is 1.04 bits per heavy atom. The van der Waals surface area contributed by atoms with Gasteiger partial charge in [-0.15, -0.1) is 0 Å². The van der Waals surface area contributed by atoms with Gasteiger partial charge in [0.2, 0.25) is 0 Å². The molecule has 3 atom stereocenters. The summed E-state index contributed by atoms with van der Waals surface area (Å²) in [6.07, 6.45) is 0.939. The molecule has 0 aliphatic carbocycles. The Kier molecular flexibility index (Phi) is 4.43. The third-order valence-electron chi connectivity index (χ3n) is 5.41. The van der Waals surface area contributed by atoms with E-state index in [1.165, 1.54) is 0 Å². The number of urea groups is 1. The van der Waals surface area contributed by atoms with Crippen LogP contribution in [0.15, 0.2) is 53.3 Å². The Balaban J connectivity index is 1.52. The molecule has 2 aliphatic rings. The van der Waals surface area contributed by atoms with E-state index in [0.717, 1.165) is 12.1 Å². The summed E-state index contributed by atoms with van der Waals surface area (Å²) in [5.74, 6) is -0.803. The Hall–Kier alpha value is -3.09. The molecule has 2 amide bonds. The molecule has 2 aromatic rings. The Morgan fingerprint density at radius 3 is 2.56 bits per heavy atom. The summed E-state index contributed by atoms with van der Waals surface area (Å²) >= 11 is 0. The van der Waals surface area contributed by atoms with Crippen molar-refractivity contribution in [3.63, 3.8) is 0 Å². The summed E-state index contributed by atoms with van der Waals surface area (Å²) in [5.41, 5.74) is 1.48. The summed E-state index contributed by atoms with van der Waals surface area (Å²) in [5, 5.41) is 12.2. The third kappa shape index (κ3) is 3.32. The molecule has 0 radical (unpaired) electrons. The highest BCUT2D eigenvalue weighted by Crippen LogP contribution is 2.35. The smallest absolute Gasteiger partial charge is 0.330 e. The highest BCUT2D eigenvalue weighted by atomic mass is 16.4. The van der Waals surface area contributed by atoms with Crippen LogP contribution in [0.3, 0.4) is 0 Å². The van der Waals surface area contributed by atoms with Crippen molar-refractivity contribution in [3.8, 4) is 0 Å². The molecular formula is C20H21N3O4. The van der Waals surface area contributed by atoms with Crippen molar-refractivity contribution in [3.05, 3.63) is 70.1 Å². The largest absolute Gasteiger partial charge is 0.479 e. The van der Waals surface area contributed by atoms with E-state index >= 15 is 0 Å². The van der Waals surface area contributed by atoms with Crippen LogP contribution >= 0.6 is 0 Å². The molecule has 1 aromatic carbocycles. The number of hydrogen-bond acceptors (Lipinski definition) is 3. The molecule has 2 aliphatic heterocycles.